The fraction of sp³-hybridized carbons (Fsp3) is 0.294. The van der Waals surface area contributed by atoms with Gasteiger partial charge in [0.05, 0.1) is 0 Å². The van der Waals surface area contributed by atoms with E-state index < -0.39 is 6.29 Å². The summed E-state index contributed by atoms with van der Waals surface area (Å²) in [5.74, 6) is 0.635. The van der Waals surface area contributed by atoms with Crippen LogP contribution in [-0.2, 0) is 6.42 Å². The molecule has 2 aromatic heterocycles. The molecule has 0 amide bonds. The van der Waals surface area contributed by atoms with Crippen LogP contribution in [0.4, 0.5) is 14.7 Å². The molecule has 0 spiro atoms. The zero-order valence-corrected chi connectivity index (χ0v) is 14.0. The number of aromatic nitrogens is 4. The molecule has 0 saturated heterocycles. The molecule has 0 fully saturated rings. The van der Waals surface area contributed by atoms with Gasteiger partial charge in [-0.1, -0.05) is 6.08 Å². The van der Waals surface area contributed by atoms with Crippen molar-refractivity contribution < 1.29 is 18.3 Å². The third-order valence-electron chi connectivity index (χ3n) is 4.53. The second-order valence-electron chi connectivity index (χ2n) is 6.38. The molecule has 8 nitrogen and oxygen atoms in total. The van der Waals surface area contributed by atoms with Crippen LogP contribution in [0.25, 0.3) is 16.6 Å². The van der Waals surface area contributed by atoms with Crippen LogP contribution in [0.3, 0.4) is 0 Å². The van der Waals surface area contributed by atoms with Gasteiger partial charge >= 0.3 is 6.29 Å². The molecule has 1 aromatic carbocycles. The highest BCUT2D eigenvalue weighted by atomic mass is 19.3. The average molecular weight is 372 g/mol. The smallest absolute Gasteiger partial charge is 0.395 e. The van der Waals surface area contributed by atoms with Gasteiger partial charge in [0.15, 0.2) is 23.0 Å². The van der Waals surface area contributed by atoms with Gasteiger partial charge in [0.2, 0.25) is 5.95 Å². The summed E-state index contributed by atoms with van der Waals surface area (Å²) in [6.45, 7) is 0.745. The number of halogens is 2. The van der Waals surface area contributed by atoms with Gasteiger partial charge in [-0.3, -0.25) is 4.99 Å². The molecule has 5 rings (SSSR count). The van der Waals surface area contributed by atoms with Crippen LogP contribution in [0.15, 0.2) is 29.3 Å². The molecule has 1 atom stereocenters. The minimum Gasteiger partial charge on any atom is -0.395 e. The van der Waals surface area contributed by atoms with Gasteiger partial charge < -0.3 is 15.2 Å². The van der Waals surface area contributed by atoms with E-state index in [1.165, 1.54) is 10.6 Å². The third-order valence-corrected chi connectivity index (χ3v) is 4.53. The molecule has 0 saturated carbocycles. The van der Waals surface area contributed by atoms with Crippen molar-refractivity contribution in [1.82, 2.24) is 19.6 Å². The number of benzene rings is 1. The number of hydrogen-bond donors (Lipinski definition) is 1. The molecule has 3 aromatic rings. The normalized spacial score (nSPS) is 20.4. The number of nitrogens with two attached hydrogens (primary N) is 1. The first-order valence-corrected chi connectivity index (χ1v) is 8.40. The summed E-state index contributed by atoms with van der Waals surface area (Å²) < 4.78 is 37.3. The van der Waals surface area contributed by atoms with Crippen LogP contribution < -0.4 is 15.2 Å². The molecule has 2 N–H and O–H groups in total. The first kappa shape index (κ1) is 15.9. The number of nitrogens with zero attached hydrogens (tertiary/aromatic N) is 5. The minimum atomic E-state index is -3.73. The predicted molar refractivity (Wildman–Crippen MR) is 93.2 cm³/mol. The monoisotopic (exact) mass is 372 g/mol. The molecular weight excluding hydrogens is 358 g/mol. The lowest BCUT2D eigenvalue weighted by molar-refractivity contribution is -0.286. The van der Waals surface area contributed by atoms with Gasteiger partial charge in [-0.2, -0.15) is 4.52 Å². The fourth-order valence-electron chi connectivity index (χ4n) is 3.31. The van der Waals surface area contributed by atoms with E-state index in [4.69, 9.17) is 5.73 Å². The summed E-state index contributed by atoms with van der Waals surface area (Å²) in [4.78, 5) is 13.0. The van der Waals surface area contributed by atoms with Gasteiger partial charge in [0, 0.05) is 24.6 Å². The summed E-state index contributed by atoms with van der Waals surface area (Å²) >= 11 is 0. The lowest BCUT2D eigenvalue weighted by atomic mass is 10.0. The van der Waals surface area contributed by atoms with Crippen LogP contribution >= 0.6 is 0 Å². The summed E-state index contributed by atoms with van der Waals surface area (Å²) in [7, 11) is 0. The Morgan fingerprint density at radius 1 is 1.26 bits per heavy atom. The first-order valence-electron chi connectivity index (χ1n) is 8.40. The molecule has 0 bridgehead atoms. The van der Waals surface area contributed by atoms with Crippen molar-refractivity contribution in [2.24, 2.45) is 10.9 Å². The van der Waals surface area contributed by atoms with Crippen LogP contribution in [0.5, 0.6) is 11.5 Å². The van der Waals surface area contributed by atoms with Crippen molar-refractivity contribution >= 4 is 28.7 Å². The van der Waals surface area contributed by atoms with Crippen molar-refractivity contribution in [3.8, 4) is 11.5 Å². The minimum absolute atomic E-state index is 0.0307. The Morgan fingerprint density at radius 2 is 2.15 bits per heavy atom. The number of anilines is 1. The van der Waals surface area contributed by atoms with E-state index >= 15 is 0 Å². The molecule has 0 aliphatic carbocycles. The maximum atomic E-state index is 13.4. The number of hydrogen-bond acceptors (Lipinski definition) is 7. The molecule has 10 heteroatoms. The summed E-state index contributed by atoms with van der Waals surface area (Å²) in [5.41, 5.74) is 6.58. The molecule has 2 aliphatic heterocycles. The van der Waals surface area contributed by atoms with Crippen molar-refractivity contribution in [3.05, 3.63) is 30.1 Å². The number of aliphatic imine (C=N–C) groups is 1. The summed E-state index contributed by atoms with van der Waals surface area (Å²) in [6, 6.07) is 2.99. The Morgan fingerprint density at radius 3 is 3.04 bits per heavy atom. The van der Waals surface area contributed by atoms with Crippen molar-refractivity contribution in [2.75, 3.05) is 12.3 Å². The van der Waals surface area contributed by atoms with Gasteiger partial charge in [-0.25, -0.2) is 9.97 Å². The van der Waals surface area contributed by atoms with Gasteiger partial charge in [0.25, 0.3) is 0 Å². The summed E-state index contributed by atoms with van der Waals surface area (Å²) in [5, 5.41) is 4.93. The molecule has 138 valence electrons. The van der Waals surface area contributed by atoms with Crippen LogP contribution in [0.2, 0.25) is 0 Å². The van der Waals surface area contributed by atoms with Crippen molar-refractivity contribution in [2.45, 2.75) is 19.1 Å². The fourth-order valence-corrected chi connectivity index (χ4v) is 3.31. The number of rotatable bonds is 2. The number of alkyl halides is 2. The maximum absolute atomic E-state index is 13.4. The van der Waals surface area contributed by atoms with Gasteiger partial charge in [-0.15, -0.1) is 13.9 Å². The summed E-state index contributed by atoms with van der Waals surface area (Å²) in [6.07, 6.45) is 3.55. The van der Waals surface area contributed by atoms with Gasteiger partial charge in [-0.05, 0) is 30.5 Å². The highest BCUT2D eigenvalue weighted by molar-refractivity contribution is 5.97. The lowest BCUT2D eigenvalue weighted by Gasteiger charge is -2.06. The highest BCUT2D eigenvalue weighted by Gasteiger charge is 2.44. The number of fused-ring (bicyclic) bond motifs is 5. The number of allylic oxidation sites excluding steroid dienone is 2. The third kappa shape index (κ3) is 2.64. The number of nitrogen functional groups attached to an aromatic ring is 1. The first-order chi connectivity index (χ1) is 13.0. The predicted octanol–water partition coefficient (Wildman–Crippen LogP) is 2.37. The standard InChI is InChI=1S/C17H14F2N6O2/c18-17(19)26-11-4-3-10-13(14(11)27-17)23-16(20)25-15(10)22-12(24-25)8-9-2-1-6-21-7-5-9/h1-4,6,9H,5,7-8H2,(H2,20,23). The Kier molecular flexibility index (Phi) is 3.30. The second-order valence-corrected chi connectivity index (χ2v) is 6.38. The van der Waals surface area contributed by atoms with Crippen LogP contribution in [0.1, 0.15) is 12.2 Å². The molecular formula is C17H14F2N6O2. The maximum Gasteiger partial charge on any atom is 0.586 e. The topological polar surface area (TPSA) is 99.9 Å². The molecule has 4 heterocycles. The van der Waals surface area contributed by atoms with E-state index in [1.807, 2.05) is 6.08 Å². The Labute approximate surface area is 151 Å². The number of ether oxygens (including phenoxy) is 2. The highest BCUT2D eigenvalue weighted by Crippen LogP contribution is 2.45. The average Bonchev–Trinajstić information content (AvgIpc) is 3.06. The Balaban J connectivity index is 1.60. The quantitative estimate of drug-likeness (QED) is 0.741. The van der Waals surface area contributed by atoms with E-state index in [0.29, 0.717) is 23.3 Å². The Hall–Kier alpha value is -3.30. The van der Waals surface area contributed by atoms with E-state index in [0.717, 1.165) is 13.0 Å². The largest absolute Gasteiger partial charge is 0.586 e. The van der Waals surface area contributed by atoms with Crippen LogP contribution in [0, 0.1) is 5.92 Å². The molecule has 2 aliphatic rings. The van der Waals surface area contributed by atoms with E-state index in [9.17, 15) is 8.78 Å². The van der Waals surface area contributed by atoms with E-state index in [2.05, 4.69) is 35.6 Å². The van der Waals surface area contributed by atoms with Crippen LogP contribution in [-0.4, -0.2) is 38.6 Å². The van der Waals surface area contributed by atoms with Crippen molar-refractivity contribution in [1.29, 1.82) is 0 Å². The Bertz CT molecular complexity index is 1120. The zero-order valence-electron chi connectivity index (χ0n) is 14.0. The van der Waals surface area contributed by atoms with E-state index in [-0.39, 0.29) is 28.9 Å². The lowest BCUT2D eigenvalue weighted by Crippen LogP contribution is -2.26. The van der Waals surface area contributed by atoms with E-state index in [1.54, 1.807) is 12.3 Å². The zero-order chi connectivity index (χ0) is 18.6. The SMILES string of the molecule is Nc1nc2c3c(ccc2c2nc(CC4C=CC=NCC4)nn12)OC(F)(F)O3. The molecule has 1 unspecified atom stereocenters. The van der Waals surface area contributed by atoms with Crippen molar-refractivity contribution in [3.63, 3.8) is 0 Å². The molecule has 0 radical (unpaired) electrons. The molecule has 27 heavy (non-hydrogen) atoms. The second kappa shape index (κ2) is 5.60. The van der Waals surface area contributed by atoms with Gasteiger partial charge in [0.1, 0.15) is 5.52 Å².